The van der Waals surface area contributed by atoms with Gasteiger partial charge in [-0.15, -0.1) is 5.10 Å². The molecule has 1 aromatic heterocycles. The minimum Gasteiger partial charge on any atom is -0.298 e. The molecule has 0 aliphatic rings. The Morgan fingerprint density at radius 3 is 2.56 bits per heavy atom. The molecule has 138 valence electrons. The summed E-state index contributed by atoms with van der Waals surface area (Å²) in [6, 6.07) is 15.3. The van der Waals surface area contributed by atoms with E-state index in [1.807, 2.05) is 62.4 Å². The Balaban J connectivity index is 2.02. The van der Waals surface area contributed by atoms with E-state index in [2.05, 4.69) is 11.7 Å². The summed E-state index contributed by atoms with van der Waals surface area (Å²) < 4.78 is 1.67. The third-order valence-corrected chi connectivity index (χ3v) is 4.36. The number of aromatic nitrogens is 3. The minimum absolute atomic E-state index is 0.131. The van der Waals surface area contributed by atoms with E-state index in [1.54, 1.807) is 10.8 Å². The number of hydrogen-bond donors (Lipinski definition) is 0. The highest BCUT2D eigenvalue weighted by Crippen LogP contribution is 2.25. The molecule has 0 saturated heterocycles. The van der Waals surface area contributed by atoms with E-state index in [0.717, 1.165) is 16.7 Å². The molecule has 0 N–H and O–H groups in total. The molecular weight excluding hydrogens is 358 g/mol. The van der Waals surface area contributed by atoms with E-state index < -0.39 is 0 Å². The number of Topliss-reactive ketones (excluding diaryl/α,β-unsaturated/α-hetero) is 1. The summed E-state index contributed by atoms with van der Waals surface area (Å²) in [4.78, 5) is 17.1. The largest absolute Gasteiger partial charge is 0.298 e. The highest BCUT2D eigenvalue weighted by molar-refractivity contribution is 6.30. The van der Waals surface area contributed by atoms with Crippen molar-refractivity contribution in [1.82, 2.24) is 14.8 Å². The number of benzene rings is 2. The number of hydrogen-bond acceptors (Lipinski definition) is 3. The van der Waals surface area contributed by atoms with Crippen molar-refractivity contribution in [2.24, 2.45) is 5.92 Å². The van der Waals surface area contributed by atoms with Crippen LogP contribution in [0.2, 0.25) is 5.02 Å². The van der Waals surface area contributed by atoms with Gasteiger partial charge < -0.3 is 0 Å². The summed E-state index contributed by atoms with van der Waals surface area (Å²) in [5, 5.41) is 5.22. The smallest absolute Gasteiger partial charge is 0.181 e. The lowest BCUT2D eigenvalue weighted by molar-refractivity contribution is -0.120. The van der Waals surface area contributed by atoms with Crippen LogP contribution >= 0.6 is 11.6 Å². The van der Waals surface area contributed by atoms with Crippen LogP contribution in [0.3, 0.4) is 0 Å². The van der Waals surface area contributed by atoms with Crippen LogP contribution in [0.5, 0.6) is 0 Å². The summed E-state index contributed by atoms with van der Waals surface area (Å²) in [7, 11) is 0. The zero-order valence-electron chi connectivity index (χ0n) is 15.5. The Morgan fingerprint density at radius 2 is 1.93 bits per heavy atom. The van der Waals surface area contributed by atoms with Crippen molar-refractivity contribution in [2.75, 3.05) is 0 Å². The summed E-state index contributed by atoms with van der Waals surface area (Å²) in [6.07, 6.45) is 2.30. The first kappa shape index (κ1) is 19.1. The van der Waals surface area contributed by atoms with Gasteiger partial charge in [0.15, 0.2) is 17.4 Å². The standard InChI is InChI=1S/C22H22ClN3O/c1-4-16-8-10-17(11-9-16)21-24-22(18-6-5-7-19(23)13-18)26(25-21)14-20(27)12-15(2)3/h4-11,13,15H,1,12,14H2,2-3H3. The topological polar surface area (TPSA) is 47.8 Å². The third-order valence-electron chi connectivity index (χ3n) is 4.12. The summed E-state index contributed by atoms with van der Waals surface area (Å²) in [5.41, 5.74) is 2.75. The van der Waals surface area contributed by atoms with Gasteiger partial charge in [0.05, 0.1) is 0 Å². The predicted octanol–water partition coefficient (Wildman–Crippen LogP) is 5.52. The molecule has 2 aromatic carbocycles. The second-order valence-corrected chi connectivity index (χ2v) is 7.33. The van der Waals surface area contributed by atoms with Gasteiger partial charge >= 0.3 is 0 Å². The van der Waals surface area contributed by atoms with E-state index in [1.165, 1.54) is 0 Å². The lowest BCUT2D eigenvalue weighted by Gasteiger charge is -2.07. The molecule has 0 spiro atoms. The van der Waals surface area contributed by atoms with Gasteiger partial charge in [0.25, 0.3) is 0 Å². The first-order valence-electron chi connectivity index (χ1n) is 8.91. The van der Waals surface area contributed by atoms with Gasteiger partial charge in [-0.3, -0.25) is 4.79 Å². The van der Waals surface area contributed by atoms with Gasteiger partial charge in [-0.1, -0.05) is 74.5 Å². The van der Waals surface area contributed by atoms with Crippen LogP contribution in [0.15, 0.2) is 55.1 Å². The first-order valence-corrected chi connectivity index (χ1v) is 9.29. The van der Waals surface area contributed by atoms with Crippen molar-refractivity contribution in [3.05, 3.63) is 65.7 Å². The maximum atomic E-state index is 12.4. The van der Waals surface area contributed by atoms with Gasteiger partial charge in [-0.25, -0.2) is 9.67 Å². The van der Waals surface area contributed by atoms with Gasteiger partial charge in [0.1, 0.15) is 6.54 Å². The van der Waals surface area contributed by atoms with Crippen LogP contribution < -0.4 is 0 Å². The normalized spacial score (nSPS) is 11.0. The second kappa shape index (κ2) is 8.31. The lowest BCUT2D eigenvalue weighted by Crippen LogP contribution is -2.14. The van der Waals surface area contributed by atoms with Crippen LogP contribution in [-0.4, -0.2) is 20.5 Å². The summed E-state index contributed by atoms with van der Waals surface area (Å²) >= 11 is 6.15. The van der Waals surface area contributed by atoms with Gasteiger partial charge in [-0.05, 0) is 23.6 Å². The number of nitrogens with zero attached hydrogens (tertiary/aromatic N) is 3. The van der Waals surface area contributed by atoms with Crippen molar-refractivity contribution in [1.29, 1.82) is 0 Å². The average Bonchev–Trinajstić information content (AvgIpc) is 3.04. The van der Waals surface area contributed by atoms with E-state index in [4.69, 9.17) is 16.6 Å². The highest BCUT2D eigenvalue weighted by Gasteiger charge is 2.16. The Morgan fingerprint density at radius 1 is 1.19 bits per heavy atom. The fourth-order valence-electron chi connectivity index (χ4n) is 2.87. The molecule has 0 aliphatic carbocycles. The summed E-state index contributed by atoms with van der Waals surface area (Å²) in [5.74, 6) is 1.66. The van der Waals surface area contributed by atoms with E-state index in [-0.39, 0.29) is 12.3 Å². The predicted molar refractivity (Wildman–Crippen MR) is 110 cm³/mol. The molecule has 0 aliphatic heterocycles. The lowest BCUT2D eigenvalue weighted by atomic mass is 10.1. The molecule has 0 saturated carbocycles. The van der Waals surface area contributed by atoms with Gasteiger partial charge in [0, 0.05) is 22.6 Å². The van der Waals surface area contributed by atoms with Crippen molar-refractivity contribution in [3.63, 3.8) is 0 Å². The zero-order valence-corrected chi connectivity index (χ0v) is 16.3. The van der Waals surface area contributed by atoms with Crippen molar-refractivity contribution in [3.8, 4) is 22.8 Å². The zero-order chi connectivity index (χ0) is 19.4. The molecule has 0 radical (unpaired) electrons. The molecule has 0 amide bonds. The molecule has 0 atom stereocenters. The Hall–Kier alpha value is -2.72. The average molecular weight is 380 g/mol. The van der Waals surface area contributed by atoms with Crippen LogP contribution in [-0.2, 0) is 11.3 Å². The molecule has 1 heterocycles. The van der Waals surface area contributed by atoms with Crippen LogP contribution in [0.25, 0.3) is 28.9 Å². The highest BCUT2D eigenvalue weighted by atomic mass is 35.5. The molecule has 4 nitrogen and oxygen atoms in total. The van der Waals surface area contributed by atoms with Crippen molar-refractivity contribution >= 4 is 23.5 Å². The van der Waals surface area contributed by atoms with E-state index in [9.17, 15) is 4.79 Å². The van der Waals surface area contributed by atoms with Gasteiger partial charge in [-0.2, -0.15) is 0 Å². The molecule has 3 rings (SSSR count). The molecule has 0 bridgehead atoms. The Bertz CT molecular complexity index is 958. The third kappa shape index (κ3) is 4.72. The van der Waals surface area contributed by atoms with Crippen LogP contribution in [0.4, 0.5) is 0 Å². The number of carbonyl (C=O) groups excluding carboxylic acids is 1. The molecular formula is C22H22ClN3O. The summed E-state index contributed by atoms with van der Waals surface area (Å²) in [6.45, 7) is 8.03. The number of halogens is 1. The monoisotopic (exact) mass is 379 g/mol. The molecule has 0 unspecified atom stereocenters. The quantitative estimate of drug-likeness (QED) is 0.542. The maximum Gasteiger partial charge on any atom is 0.181 e. The van der Waals surface area contributed by atoms with Crippen molar-refractivity contribution < 1.29 is 4.79 Å². The number of carbonyl (C=O) groups is 1. The van der Waals surface area contributed by atoms with E-state index >= 15 is 0 Å². The number of ketones is 1. The molecule has 3 aromatic rings. The van der Waals surface area contributed by atoms with Crippen LogP contribution in [0, 0.1) is 5.92 Å². The molecule has 5 heteroatoms. The van der Waals surface area contributed by atoms with Crippen molar-refractivity contribution in [2.45, 2.75) is 26.8 Å². The Kier molecular flexibility index (Phi) is 5.87. The first-order chi connectivity index (χ1) is 13.0. The minimum atomic E-state index is 0.131. The molecule has 0 fully saturated rings. The molecule has 27 heavy (non-hydrogen) atoms. The maximum absolute atomic E-state index is 12.4. The SMILES string of the molecule is C=Cc1ccc(-c2nc(-c3cccc(Cl)c3)n(CC(=O)CC(C)C)n2)cc1. The van der Waals surface area contributed by atoms with Crippen LogP contribution in [0.1, 0.15) is 25.8 Å². The second-order valence-electron chi connectivity index (χ2n) is 6.89. The number of rotatable bonds is 7. The Labute approximate surface area is 164 Å². The fraction of sp³-hybridized carbons (Fsp3) is 0.227. The van der Waals surface area contributed by atoms with E-state index in [0.29, 0.717) is 29.0 Å². The van der Waals surface area contributed by atoms with Gasteiger partial charge in [0.2, 0.25) is 0 Å². The fourth-order valence-corrected chi connectivity index (χ4v) is 3.06.